The number of hydrogen-bond donors (Lipinski definition) is 0. The van der Waals surface area contributed by atoms with Crippen molar-refractivity contribution in [2.75, 3.05) is 40.6 Å². The molecule has 4 aromatic rings. The number of nitrogens with zero attached hydrogens (tertiary/aromatic N) is 5. The van der Waals surface area contributed by atoms with Gasteiger partial charge in [0, 0.05) is 44.3 Å². The summed E-state index contributed by atoms with van der Waals surface area (Å²) in [5, 5.41) is 0.171. The second-order valence-electron chi connectivity index (χ2n) is 8.72. The summed E-state index contributed by atoms with van der Waals surface area (Å²) >= 11 is 5.89. The van der Waals surface area contributed by atoms with E-state index >= 15 is 0 Å². The maximum absolute atomic E-state index is 12.5. The Bertz CT molecular complexity index is 1580. The Balaban J connectivity index is 0.000000246. The molecule has 0 N–H and O–H groups in total. The van der Waals surface area contributed by atoms with E-state index in [9.17, 15) is 26.3 Å². The minimum Gasteiger partial charge on any atom is -0.475 e. The van der Waals surface area contributed by atoms with E-state index in [4.69, 9.17) is 37.1 Å². The molecule has 0 spiro atoms. The fourth-order valence-electron chi connectivity index (χ4n) is 3.43. The first-order valence-corrected chi connectivity index (χ1v) is 13.1. The minimum absolute atomic E-state index is 0.0785. The molecule has 0 aromatic carbocycles. The van der Waals surface area contributed by atoms with Crippen LogP contribution in [0.5, 0.6) is 11.8 Å². The normalized spacial score (nSPS) is 11.3. The smallest absolute Gasteiger partial charge is 0.433 e. The summed E-state index contributed by atoms with van der Waals surface area (Å²) in [5.41, 5.74) is 0.0503. The van der Waals surface area contributed by atoms with Crippen molar-refractivity contribution in [2.24, 2.45) is 0 Å². The molecule has 9 nitrogen and oxygen atoms in total. The first-order chi connectivity index (χ1) is 21.3. The highest BCUT2D eigenvalue weighted by atomic mass is 35.5. The van der Waals surface area contributed by atoms with Crippen LogP contribution in [0.15, 0.2) is 60.9 Å². The van der Waals surface area contributed by atoms with Gasteiger partial charge >= 0.3 is 18.2 Å². The standard InChI is InChI=1S/C15H12F3N3O2.C14H12ClF3N2O2/c1-19-13-7-11(8-14(21-13)23-6-5-22-2)10-3-4-12(20-9-10)15(16,17)18;1-21-4-5-22-13-7-10(6-12(15)20-13)9-2-3-11(19-8-9)14(16,17)18/h3-4,7-9H,5-6H2,2H3;2-3,6-8H,4-5H2,1H3. The quantitative estimate of drug-likeness (QED) is 0.0747. The van der Waals surface area contributed by atoms with Crippen molar-refractivity contribution in [3.63, 3.8) is 0 Å². The maximum atomic E-state index is 12.5. The van der Waals surface area contributed by atoms with Crippen LogP contribution in [0, 0.1) is 6.57 Å². The second-order valence-corrected chi connectivity index (χ2v) is 9.11. The van der Waals surface area contributed by atoms with Gasteiger partial charge in [-0.05, 0) is 41.0 Å². The fraction of sp³-hybridized carbons (Fsp3) is 0.276. The Morgan fingerprint density at radius 1 is 0.667 bits per heavy atom. The highest BCUT2D eigenvalue weighted by Gasteiger charge is 2.32. The first-order valence-electron chi connectivity index (χ1n) is 12.7. The fourth-order valence-corrected chi connectivity index (χ4v) is 3.63. The lowest BCUT2D eigenvalue weighted by atomic mass is 10.1. The predicted molar refractivity (Wildman–Crippen MR) is 151 cm³/mol. The molecule has 0 aliphatic carbocycles. The number of methoxy groups -OCH3 is 2. The molecule has 0 aliphatic heterocycles. The van der Waals surface area contributed by atoms with E-state index in [1.165, 1.54) is 44.6 Å². The van der Waals surface area contributed by atoms with Crippen LogP contribution in [0.4, 0.5) is 32.2 Å². The average molecular weight is 656 g/mol. The number of ether oxygens (including phenoxy) is 4. The summed E-state index contributed by atoms with van der Waals surface area (Å²) in [6.07, 6.45) is -6.73. The topological polar surface area (TPSA) is 92.8 Å². The molecule has 4 rings (SSSR count). The van der Waals surface area contributed by atoms with E-state index in [1.807, 2.05) is 0 Å². The van der Waals surface area contributed by atoms with Gasteiger partial charge < -0.3 is 23.8 Å². The molecule has 4 heterocycles. The summed E-state index contributed by atoms with van der Waals surface area (Å²) in [5.74, 6) is 0.541. The van der Waals surface area contributed by atoms with Crippen LogP contribution in [-0.4, -0.2) is 60.6 Å². The molecule has 0 amide bonds. The summed E-state index contributed by atoms with van der Waals surface area (Å²) in [4.78, 5) is 18.0. The molecule has 0 bridgehead atoms. The van der Waals surface area contributed by atoms with Crippen LogP contribution in [0.25, 0.3) is 27.1 Å². The SMILES string of the molecule is COCCOc1cc(-c2ccc(C(F)(F)F)nc2)cc(Cl)n1.[C-]#[N+]c1cc(-c2ccc(C(F)(F)F)nc2)cc(OCCOC)n1. The lowest BCUT2D eigenvalue weighted by Gasteiger charge is -2.09. The average Bonchev–Trinajstić information content (AvgIpc) is 3.00. The first kappa shape index (κ1) is 35.0. The maximum Gasteiger partial charge on any atom is 0.433 e. The van der Waals surface area contributed by atoms with Gasteiger partial charge in [0.05, 0.1) is 13.2 Å². The van der Waals surface area contributed by atoms with E-state index in [0.717, 1.165) is 24.5 Å². The Kier molecular flexibility index (Phi) is 12.4. The van der Waals surface area contributed by atoms with Crippen LogP contribution in [-0.2, 0) is 21.8 Å². The van der Waals surface area contributed by atoms with Crippen molar-refractivity contribution in [3.05, 3.63) is 88.9 Å². The van der Waals surface area contributed by atoms with Gasteiger partial charge in [0.15, 0.2) is 0 Å². The van der Waals surface area contributed by atoms with Crippen molar-refractivity contribution in [1.82, 2.24) is 19.9 Å². The summed E-state index contributed by atoms with van der Waals surface area (Å²) in [7, 11) is 3.06. The zero-order valence-corrected chi connectivity index (χ0v) is 24.4. The van der Waals surface area contributed by atoms with Crippen molar-refractivity contribution < 1.29 is 45.3 Å². The second kappa shape index (κ2) is 16.0. The van der Waals surface area contributed by atoms with Crippen LogP contribution >= 0.6 is 11.6 Å². The number of aromatic nitrogens is 4. The largest absolute Gasteiger partial charge is 0.475 e. The molecule has 0 radical (unpaired) electrons. The lowest BCUT2D eigenvalue weighted by Crippen LogP contribution is -2.07. The molecule has 0 unspecified atom stereocenters. The van der Waals surface area contributed by atoms with Crippen molar-refractivity contribution in [3.8, 4) is 34.0 Å². The van der Waals surface area contributed by atoms with Gasteiger partial charge in [-0.2, -0.15) is 26.3 Å². The van der Waals surface area contributed by atoms with E-state index < -0.39 is 23.7 Å². The van der Waals surface area contributed by atoms with Gasteiger partial charge in [-0.15, -0.1) is 0 Å². The van der Waals surface area contributed by atoms with Crippen molar-refractivity contribution in [2.45, 2.75) is 12.4 Å². The van der Waals surface area contributed by atoms with Crippen molar-refractivity contribution in [1.29, 1.82) is 0 Å². The van der Waals surface area contributed by atoms with Gasteiger partial charge in [0.1, 0.15) is 29.8 Å². The third-order valence-electron chi connectivity index (χ3n) is 5.52. The van der Waals surface area contributed by atoms with Gasteiger partial charge in [0.25, 0.3) is 5.82 Å². The minimum atomic E-state index is -4.49. The van der Waals surface area contributed by atoms with E-state index in [2.05, 4.69) is 24.8 Å². The summed E-state index contributed by atoms with van der Waals surface area (Å²) in [6.45, 7) is 8.31. The molecule has 45 heavy (non-hydrogen) atoms. The zero-order valence-electron chi connectivity index (χ0n) is 23.6. The molecule has 0 saturated heterocycles. The summed E-state index contributed by atoms with van der Waals surface area (Å²) < 4.78 is 95.5. The predicted octanol–water partition coefficient (Wildman–Crippen LogP) is 7.58. The summed E-state index contributed by atoms with van der Waals surface area (Å²) in [6, 6.07) is 10.5. The molecular formula is C29H24ClF6N5O4. The molecule has 0 saturated carbocycles. The van der Waals surface area contributed by atoms with Gasteiger partial charge in [-0.3, -0.25) is 9.97 Å². The Morgan fingerprint density at radius 2 is 1.13 bits per heavy atom. The monoisotopic (exact) mass is 655 g/mol. The lowest BCUT2D eigenvalue weighted by molar-refractivity contribution is -0.141. The Labute approximate surface area is 258 Å². The van der Waals surface area contributed by atoms with Crippen LogP contribution in [0.3, 0.4) is 0 Å². The van der Waals surface area contributed by atoms with Crippen LogP contribution < -0.4 is 9.47 Å². The van der Waals surface area contributed by atoms with Crippen LogP contribution in [0.1, 0.15) is 11.4 Å². The van der Waals surface area contributed by atoms with Crippen molar-refractivity contribution >= 4 is 17.4 Å². The van der Waals surface area contributed by atoms with E-state index in [-0.39, 0.29) is 35.9 Å². The van der Waals surface area contributed by atoms with Gasteiger partial charge in [-0.25, -0.2) is 4.98 Å². The molecular weight excluding hydrogens is 632 g/mol. The number of pyridine rings is 4. The Hall–Kier alpha value is -4.52. The highest BCUT2D eigenvalue weighted by molar-refractivity contribution is 6.29. The third-order valence-corrected chi connectivity index (χ3v) is 5.72. The molecule has 4 aromatic heterocycles. The van der Waals surface area contributed by atoms with Crippen LogP contribution in [0.2, 0.25) is 5.15 Å². The van der Waals surface area contributed by atoms with Gasteiger partial charge in [-0.1, -0.05) is 35.3 Å². The molecule has 0 aliphatic rings. The number of rotatable bonds is 10. The highest BCUT2D eigenvalue weighted by Crippen LogP contribution is 2.32. The third kappa shape index (κ3) is 10.9. The molecule has 0 atom stereocenters. The van der Waals surface area contributed by atoms with E-state index in [0.29, 0.717) is 35.5 Å². The van der Waals surface area contributed by atoms with E-state index in [1.54, 1.807) is 6.07 Å². The molecule has 16 heteroatoms. The number of halogens is 7. The number of alkyl halides is 6. The zero-order chi connectivity index (χ0) is 33.0. The van der Waals surface area contributed by atoms with Gasteiger partial charge in [0.2, 0.25) is 5.88 Å². The molecule has 238 valence electrons. The molecule has 0 fully saturated rings. The number of hydrogen-bond acceptors (Lipinski definition) is 8. The Morgan fingerprint density at radius 3 is 1.53 bits per heavy atom.